The number of halogens is 1. The molecule has 0 atom stereocenters. The molecule has 0 bridgehead atoms. The molecular weight excluding hydrogens is 429 g/mol. The molecule has 6 nitrogen and oxygen atoms in total. The Kier molecular flexibility index (Phi) is 5.59. The molecule has 0 unspecified atom stereocenters. The lowest BCUT2D eigenvalue weighted by Crippen LogP contribution is -2.40. The fraction of sp³-hybridized carbons (Fsp3) is 0.417. The molecule has 8 heteroatoms. The molecule has 1 N–H and O–H groups in total. The van der Waals surface area contributed by atoms with Gasteiger partial charge in [0.15, 0.2) is 9.84 Å². The van der Waals surface area contributed by atoms with Crippen molar-refractivity contribution in [2.75, 3.05) is 48.0 Å². The Labute approximate surface area is 187 Å². The van der Waals surface area contributed by atoms with Gasteiger partial charge < -0.3 is 19.5 Å². The molecule has 32 heavy (non-hydrogen) atoms. The van der Waals surface area contributed by atoms with Crippen LogP contribution in [-0.4, -0.2) is 56.8 Å². The van der Waals surface area contributed by atoms with Crippen molar-refractivity contribution in [3.05, 3.63) is 48.3 Å². The maximum atomic E-state index is 13.9. The normalized spacial score (nSPS) is 19.4. The number of hydrogen-bond acceptors (Lipinski definition) is 5. The Balaban J connectivity index is 1.59. The highest BCUT2D eigenvalue weighted by Crippen LogP contribution is 2.37. The minimum atomic E-state index is -2.95. The average molecular weight is 458 g/mol. The summed E-state index contributed by atoms with van der Waals surface area (Å²) in [5.41, 5.74) is 4.85. The van der Waals surface area contributed by atoms with Gasteiger partial charge in [0.25, 0.3) is 0 Å². The summed E-state index contributed by atoms with van der Waals surface area (Å²) in [6.45, 7) is 2.47. The number of anilines is 2. The van der Waals surface area contributed by atoms with Crippen molar-refractivity contribution in [3.63, 3.8) is 0 Å². The Morgan fingerprint density at radius 2 is 1.81 bits per heavy atom. The second kappa shape index (κ2) is 8.41. The molecule has 0 saturated carbocycles. The molecule has 2 saturated heterocycles. The molecule has 3 aromatic rings. The van der Waals surface area contributed by atoms with Crippen LogP contribution in [0, 0.1) is 5.82 Å². The number of nitrogens with zero attached hydrogens (tertiary/aromatic N) is 2. The van der Waals surface area contributed by atoms with Crippen LogP contribution in [0.3, 0.4) is 0 Å². The average Bonchev–Trinajstić information content (AvgIpc) is 3.11. The largest absolute Gasteiger partial charge is 0.381 e. The van der Waals surface area contributed by atoms with Gasteiger partial charge >= 0.3 is 0 Å². The van der Waals surface area contributed by atoms with E-state index in [1.54, 1.807) is 12.1 Å². The zero-order chi connectivity index (χ0) is 22.3. The standard InChI is InChI=1S/C24H28FN3O3S/c1-27-23(17-3-2-4-19(25)13-17)15-18-14-21(28-7-11-32(29,30)12-8-28)16-22(24(18)27)26-20-5-9-31-10-6-20/h2-4,13-16,20,26H,5-12H2,1H3. The van der Waals surface area contributed by atoms with Gasteiger partial charge in [-0.15, -0.1) is 0 Å². The summed E-state index contributed by atoms with van der Waals surface area (Å²) in [7, 11) is -0.948. The summed E-state index contributed by atoms with van der Waals surface area (Å²) in [6.07, 6.45) is 1.88. The van der Waals surface area contributed by atoms with Crippen molar-refractivity contribution < 1.29 is 17.5 Å². The molecule has 2 aliphatic heterocycles. The Bertz CT molecular complexity index is 1230. The van der Waals surface area contributed by atoms with Crippen molar-refractivity contribution >= 4 is 32.1 Å². The molecule has 170 valence electrons. The SMILES string of the molecule is Cn1c(-c2cccc(F)c2)cc2cc(N3CCS(=O)(=O)CC3)cc(NC3CCOCC3)c21. The second-order valence-corrected chi connectivity index (χ2v) is 11.0. The highest BCUT2D eigenvalue weighted by atomic mass is 32.2. The van der Waals surface area contributed by atoms with E-state index in [4.69, 9.17) is 4.74 Å². The van der Waals surface area contributed by atoms with E-state index in [2.05, 4.69) is 33.0 Å². The monoisotopic (exact) mass is 457 g/mol. The summed E-state index contributed by atoms with van der Waals surface area (Å²) >= 11 is 0. The van der Waals surface area contributed by atoms with Crippen molar-refractivity contribution in [1.29, 1.82) is 0 Å². The summed E-state index contributed by atoms with van der Waals surface area (Å²) in [5.74, 6) is 0.0947. The lowest BCUT2D eigenvalue weighted by molar-refractivity contribution is 0.0905. The third-order valence-corrected chi connectivity index (χ3v) is 8.13. The maximum Gasteiger partial charge on any atom is 0.153 e. The van der Waals surface area contributed by atoms with Gasteiger partial charge in [-0.05, 0) is 43.2 Å². The van der Waals surface area contributed by atoms with Gasteiger partial charge in [-0.3, -0.25) is 0 Å². The van der Waals surface area contributed by atoms with E-state index in [1.165, 1.54) is 6.07 Å². The highest BCUT2D eigenvalue weighted by molar-refractivity contribution is 7.91. The zero-order valence-electron chi connectivity index (χ0n) is 18.2. The summed E-state index contributed by atoms with van der Waals surface area (Å²) in [4.78, 5) is 2.14. The number of fused-ring (bicyclic) bond motifs is 1. The van der Waals surface area contributed by atoms with Crippen LogP contribution in [0.15, 0.2) is 42.5 Å². The number of nitrogens with one attached hydrogen (secondary N) is 1. The summed E-state index contributed by atoms with van der Waals surface area (Å²) in [6, 6.07) is 13.3. The van der Waals surface area contributed by atoms with Gasteiger partial charge in [0.2, 0.25) is 0 Å². The number of hydrogen-bond donors (Lipinski definition) is 1. The second-order valence-electron chi connectivity index (χ2n) is 8.70. The van der Waals surface area contributed by atoms with Crippen LogP contribution in [-0.2, 0) is 21.6 Å². The van der Waals surface area contributed by atoms with E-state index >= 15 is 0 Å². The van der Waals surface area contributed by atoms with Gasteiger partial charge in [-0.1, -0.05) is 12.1 Å². The molecule has 3 heterocycles. The molecule has 0 spiro atoms. The minimum Gasteiger partial charge on any atom is -0.381 e. The van der Waals surface area contributed by atoms with Crippen LogP contribution in [0.1, 0.15) is 12.8 Å². The Hall–Kier alpha value is -2.58. The van der Waals surface area contributed by atoms with Crippen molar-refractivity contribution in [2.24, 2.45) is 7.05 Å². The predicted octanol–water partition coefficient (Wildman–Crippen LogP) is 3.81. The topological polar surface area (TPSA) is 63.6 Å². The van der Waals surface area contributed by atoms with Gasteiger partial charge in [-0.25, -0.2) is 12.8 Å². The first-order chi connectivity index (χ1) is 15.4. The lowest BCUT2D eigenvalue weighted by Gasteiger charge is -2.30. The van der Waals surface area contributed by atoms with E-state index in [1.807, 2.05) is 13.1 Å². The predicted molar refractivity (Wildman–Crippen MR) is 127 cm³/mol. The maximum absolute atomic E-state index is 13.9. The molecular formula is C24H28FN3O3S. The molecule has 2 fully saturated rings. The number of ether oxygens (including phenoxy) is 1. The molecule has 2 aromatic carbocycles. The van der Waals surface area contributed by atoms with E-state index < -0.39 is 9.84 Å². The van der Waals surface area contributed by atoms with Crippen LogP contribution < -0.4 is 10.2 Å². The van der Waals surface area contributed by atoms with Gasteiger partial charge in [0.05, 0.1) is 22.7 Å². The van der Waals surface area contributed by atoms with Gasteiger partial charge in [0, 0.05) is 61.7 Å². The first kappa shape index (κ1) is 21.3. The van der Waals surface area contributed by atoms with Crippen molar-refractivity contribution in [1.82, 2.24) is 4.57 Å². The minimum absolute atomic E-state index is 0.178. The number of sulfone groups is 1. The van der Waals surface area contributed by atoms with Crippen molar-refractivity contribution in [2.45, 2.75) is 18.9 Å². The number of aryl methyl sites for hydroxylation is 1. The highest BCUT2D eigenvalue weighted by Gasteiger charge is 2.24. The smallest absolute Gasteiger partial charge is 0.153 e. The molecule has 0 aliphatic carbocycles. The van der Waals surface area contributed by atoms with Crippen LogP contribution in [0.4, 0.5) is 15.8 Å². The third-order valence-electron chi connectivity index (χ3n) is 6.52. The number of rotatable bonds is 4. The van der Waals surface area contributed by atoms with E-state index in [0.717, 1.165) is 59.6 Å². The zero-order valence-corrected chi connectivity index (χ0v) is 19.0. The first-order valence-electron chi connectivity index (χ1n) is 11.1. The molecule has 1 aromatic heterocycles. The quantitative estimate of drug-likeness (QED) is 0.646. The van der Waals surface area contributed by atoms with Crippen LogP contribution in [0.25, 0.3) is 22.2 Å². The molecule has 2 aliphatic rings. The number of benzene rings is 2. The van der Waals surface area contributed by atoms with Crippen LogP contribution >= 0.6 is 0 Å². The van der Waals surface area contributed by atoms with Crippen LogP contribution in [0.2, 0.25) is 0 Å². The summed E-state index contributed by atoms with van der Waals surface area (Å²) in [5, 5.41) is 4.77. The fourth-order valence-electron chi connectivity index (χ4n) is 4.74. The molecule has 5 rings (SSSR count). The van der Waals surface area contributed by atoms with Crippen molar-refractivity contribution in [3.8, 4) is 11.3 Å². The molecule has 0 radical (unpaired) electrons. The van der Waals surface area contributed by atoms with Gasteiger partial charge in [-0.2, -0.15) is 0 Å². The lowest BCUT2D eigenvalue weighted by atomic mass is 10.1. The number of aromatic nitrogens is 1. The van der Waals surface area contributed by atoms with Crippen LogP contribution in [0.5, 0.6) is 0 Å². The Morgan fingerprint density at radius 1 is 1.06 bits per heavy atom. The fourth-order valence-corrected chi connectivity index (χ4v) is 5.94. The Morgan fingerprint density at radius 3 is 2.53 bits per heavy atom. The van der Waals surface area contributed by atoms with E-state index in [-0.39, 0.29) is 17.3 Å². The van der Waals surface area contributed by atoms with Gasteiger partial charge in [0.1, 0.15) is 5.82 Å². The third kappa shape index (κ3) is 4.21. The summed E-state index contributed by atoms with van der Waals surface area (Å²) < 4.78 is 45.4. The van der Waals surface area contributed by atoms with E-state index in [0.29, 0.717) is 19.1 Å². The molecule has 0 amide bonds. The first-order valence-corrected chi connectivity index (χ1v) is 12.9. The van der Waals surface area contributed by atoms with E-state index in [9.17, 15) is 12.8 Å².